The standard InChI is InChI=1S/C31H47N3O6S/c1-21-16-22(2)18-27(17-21)41-15-14-39-30(35)28-23(3)29(25(5)32-24(28)4)31(36)40-26(19-33(6)8-11-37-7)20-34-9-12-38-13-10-34/h16-18,23,26,32H,8-15,19-20H2,1-7H3. The molecule has 41 heavy (non-hydrogen) atoms. The predicted octanol–water partition coefficient (Wildman–Crippen LogP) is 3.55. The average molecular weight is 590 g/mol. The van der Waals surface area contributed by atoms with Gasteiger partial charge in [0, 0.05) is 67.8 Å². The molecule has 1 fully saturated rings. The summed E-state index contributed by atoms with van der Waals surface area (Å²) >= 11 is 1.66. The molecule has 0 aromatic heterocycles. The molecule has 1 aromatic carbocycles. The second kappa shape index (κ2) is 16.3. The molecule has 1 aromatic rings. The Bertz CT molecular complexity index is 1090. The second-order valence-corrected chi connectivity index (χ2v) is 12.1. The van der Waals surface area contributed by atoms with Crippen molar-refractivity contribution in [1.82, 2.24) is 15.1 Å². The summed E-state index contributed by atoms with van der Waals surface area (Å²) in [6.07, 6.45) is -0.348. The fraction of sp³-hybridized carbons (Fsp3) is 0.613. The number of nitrogens with one attached hydrogen (secondary N) is 1. The number of methoxy groups -OCH3 is 1. The van der Waals surface area contributed by atoms with Crippen LogP contribution in [0.3, 0.4) is 0 Å². The van der Waals surface area contributed by atoms with Gasteiger partial charge in [-0.3, -0.25) is 4.90 Å². The van der Waals surface area contributed by atoms with E-state index in [1.807, 2.05) is 27.8 Å². The second-order valence-electron chi connectivity index (χ2n) is 10.9. The van der Waals surface area contributed by atoms with Gasteiger partial charge in [-0.1, -0.05) is 13.0 Å². The number of thioether (sulfide) groups is 1. The predicted molar refractivity (Wildman–Crippen MR) is 162 cm³/mol. The van der Waals surface area contributed by atoms with Gasteiger partial charge in [0.15, 0.2) is 0 Å². The van der Waals surface area contributed by atoms with Crippen LogP contribution in [0.15, 0.2) is 45.6 Å². The van der Waals surface area contributed by atoms with Crippen LogP contribution in [0.25, 0.3) is 0 Å². The van der Waals surface area contributed by atoms with Crippen molar-refractivity contribution in [3.05, 3.63) is 51.9 Å². The molecule has 1 saturated heterocycles. The van der Waals surface area contributed by atoms with Crippen molar-refractivity contribution in [2.24, 2.45) is 5.92 Å². The molecule has 0 spiro atoms. The number of esters is 2. The van der Waals surface area contributed by atoms with Gasteiger partial charge in [0.2, 0.25) is 0 Å². The Labute approximate surface area is 249 Å². The molecule has 2 atom stereocenters. The van der Waals surface area contributed by atoms with E-state index in [0.717, 1.165) is 24.5 Å². The first-order valence-electron chi connectivity index (χ1n) is 14.3. The number of carbonyl (C=O) groups is 2. The molecule has 0 saturated carbocycles. The highest BCUT2D eigenvalue weighted by atomic mass is 32.2. The first kappa shape index (κ1) is 33.1. The number of hydrogen-bond acceptors (Lipinski definition) is 10. The summed E-state index contributed by atoms with van der Waals surface area (Å²) in [7, 11) is 3.67. The summed E-state index contributed by atoms with van der Waals surface area (Å²) in [6.45, 7) is 15.4. The topological polar surface area (TPSA) is 89.6 Å². The van der Waals surface area contributed by atoms with Gasteiger partial charge in [0.05, 0.1) is 31.0 Å². The van der Waals surface area contributed by atoms with Gasteiger partial charge < -0.3 is 29.2 Å². The summed E-state index contributed by atoms with van der Waals surface area (Å²) in [5.41, 5.74) is 4.73. The minimum absolute atomic E-state index is 0.276. The number of allylic oxidation sites excluding steroid dienone is 2. The highest BCUT2D eigenvalue weighted by Crippen LogP contribution is 2.31. The molecule has 0 amide bonds. The van der Waals surface area contributed by atoms with Crippen LogP contribution in [-0.2, 0) is 28.5 Å². The Balaban J connectivity index is 1.63. The van der Waals surface area contributed by atoms with Crippen LogP contribution in [0, 0.1) is 19.8 Å². The van der Waals surface area contributed by atoms with E-state index in [2.05, 4.69) is 47.2 Å². The number of carbonyl (C=O) groups excluding carboxylic acids is 2. The van der Waals surface area contributed by atoms with E-state index in [1.165, 1.54) is 11.1 Å². The zero-order valence-corrected chi connectivity index (χ0v) is 26.5. The molecule has 228 valence electrons. The Morgan fingerprint density at radius 1 is 1.05 bits per heavy atom. The van der Waals surface area contributed by atoms with Gasteiger partial charge in [-0.25, -0.2) is 9.59 Å². The van der Waals surface area contributed by atoms with Crippen LogP contribution in [-0.4, -0.2) is 107 Å². The van der Waals surface area contributed by atoms with Crippen LogP contribution in [0.4, 0.5) is 0 Å². The smallest absolute Gasteiger partial charge is 0.336 e. The van der Waals surface area contributed by atoms with Gasteiger partial charge in [-0.15, -0.1) is 11.8 Å². The number of hydrogen-bond donors (Lipinski definition) is 1. The number of benzene rings is 1. The lowest BCUT2D eigenvalue weighted by atomic mass is 9.87. The van der Waals surface area contributed by atoms with Gasteiger partial charge in [0.25, 0.3) is 0 Å². The van der Waals surface area contributed by atoms with Crippen LogP contribution in [0.1, 0.15) is 31.9 Å². The number of dihydropyridines is 1. The number of ether oxygens (including phenoxy) is 4. The van der Waals surface area contributed by atoms with Gasteiger partial charge in [-0.05, 0) is 58.0 Å². The summed E-state index contributed by atoms with van der Waals surface area (Å²) < 4.78 is 22.5. The van der Waals surface area contributed by atoms with E-state index < -0.39 is 17.9 Å². The molecule has 3 rings (SSSR count). The molecular formula is C31H47N3O6S. The molecular weight excluding hydrogens is 542 g/mol. The number of morpholine rings is 1. The molecule has 0 bridgehead atoms. The third kappa shape index (κ3) is 10.1. The van der Waals surface area contributed by atoms with Crippen LogP contribution in [0.5, 0.6) is 0 Å². The zero-order valence-electron chi connectivity index (χ0n) is 25.7. The molecule has 2 aliphatic rings. The summed E-state index contributed by atoms with van der Waals surface area (Å²) in [5.74, 6) is -0.639. The first-order chi connectivity index (χ1) is 19.6. The molecule has 2 heterocycles. The SMILES string of the molecule is COCCN(C)CC(CN1CCOCC1)OC(=O)C1=C(C)NC(C)=C(C(=O)OCCSc2cc(C)cc(C)c2)C1C. The van der Waals surface area contributed by atoms with Crippen molar-refractivity contribution >= 4 is 23.7 Å². The minimum atomic E-state index is -0.460. The zero-order chi connectivity index (χ0) is 29.9. The fourth-order valence-corrected chi connectivity index (χ4v) is 6.30. The van der Waals surface area contributed by atoms with E-state index in [4.69, 9.17) is 18.9 Å². The van der Waals surface area contributed by atoms with Gasteiger partial charge in [0.1, 0.15) is 12.7 Å². The van der Waals surface area contributed by atoms with Crippen molar-refractivity contribution in [2.75, 3.05) is 79.1 Å². The fourth-order valence-electron chi connectivity index (χ4n) is 5.36. The normalized spacial score (nSPS) is 18.9. The Kier molecular flexibility index (Phi) is 13.2. The number of likely N-dealkylation sites (N-methyl/N-ethyl adjacent to an activating group) is 1. The van der Waals surface area contributed by atoms with Crippen molar-refractivity contribution in [2.45, 2.75) is 45.6 Å². The molecule has 10 heteroatoms. The number of aryl methyl sites for hydroxylation is 2. The van der Waals surface area contributed by atoms with Gasteiger partial charge >= 0.3 is 11.9 Å². The maximum Gasteiger partial charge on any atom is 0.336 e. The lowest BCUT2D eigenvalue weighted by Crippen LogP contribution is -2.46. The van der Waals surface area contributed by atoms with Crippen LogP contribution in [0.2, 0.25) is 0 Å². The quantitative estimate of drug-likeness (QED) is 0.197. The van der Waals surface area contributed by atoms with Crippen molar-refractivity contribution in [3.63, 3.8) is 0 Å². The highest BCUT2D eigenvalue weighted by molar-refractivity contribution is 7.99. The summed E-state index contributed by atoms with van der Waals surface area (Å²) in [6, 6.07) is 6.40. The lowest BCUT2D eigenvalue weighted by molar-refractivity contribution is -0.147. The summed E-state index contributed by atoms with van der Waals surface area (Å²) in [5, 5.41) is 3.22. The largest absolute Gasteiger partial charge is 0.461 e. The van der Waals surface area contributed by atoms with Crippen LogP contribution >= 0.6 is 11.8 Å². The monoisotopic (exact) mass is 589 g/mol. The van der Waals surface area contributed by atoms with Crippen molar-refractivity contribution in [1.29, 1.82) is 0 Å². The Morgan fingerprint density at radius 3 is 2.32 bits per heavy atom. The Hall–Kier alpha value is -2.37. The molecule has 9 nitrogen and oxygen atoms in total. The van der Waals surface area contributed by atoms with Crippen molar-refractivity contribution < 1.29 is 28.5 Å². The van der Waals surface area contributed by atoms with Crippen LogP contribution < -0.4 is 5.32 Å². The third-order valence-electron chi connectivity index (χ3n) is 7.30. The first-order valence-corrected chi connectivity index (χ1v) is 15.3. The maximum absolute atomic E-state index is 13.6. The average Bonchev–Trinajstić information content (AvgIpc) is 2.89. The van der Waals surface area contributed by atoms with Crippen molar-refractivity contribution in [3.8, 4) is 0 Å². The lowest BCUT2D eigenvalue weighted by Gasteiger charge is -2.33. The molecule has 2 aliphatic heterocycles. The molecule has 0 radical (unpaired) electrons. The molecule has 0 aliphatic carbocycles. The maximum atomic E-state index is 13.6. The highest BCUT2D eigenvalue weighted by Gasteiger charge is 2.35. The van der Waals surface area contributed by atoms with E-state index in [1.54, 1.807) is 18.9 Å². The van der Waals surface area contributed by atoms with E-state index in [0.29, 0.717) is 61.2 Å². The Morgan fingerprint density at radius 2 is 1.68 bits per heavy atom. The summed E-state index contributed by atoms with van der Waals surface area (Å²) in [4.78, 5) is 32.4. The minimum Gasteiger partial charge on any atom is -0.461 e. The number of nitrogens with zero attached hydrogens (tertiary/aromatic N) is 2. The molecule has 1 N–H and O–H groups in total. The van der Waals surface area contributed by atoms with Gasteiger partial charge in [-0.2, -0.15) is 0 Å². The third-order valence-corrected chi connectivity index (χ3v) is 8.24. The number of rotatable bonds is 14. The van der Waals surface area contributed by atoms with E-state index >= 15 is 0 Å². The van der Waals surface area contributed by atoms with E-state index in [9.17, 15) is 9.59 Å². The molecule has 2 unspecified atom stereocenters. The van der Waals surface area contributed by atoms with E-state index in [-0.39, 0.29) is 12.7 Å².